The van der Waals surface area contributed by atoms with E-state index in [0.717, 1.165) is 24.5 Å². The molecule has 0 amide bonds. The molecule has 3 heterocycles. The Labute approximate surface area is 225 Å². The predicted octanol–water partition coefficient (Wildman–Crippen LogP) is 6.03. The normalized spacial score (nSPS) is 17.9. The van der Waals surface area contributed by atoms with E-state index in [1.165, 1.54) is 76.5 Å². The highest BCUT2D eigenvalue weighted by Crippen LogP contribution is 2.48. The summed E-state index contributed by atoms with van der Waals surface area (Å²) in [7, 11) is 4.28. The van der Waals surface area contributed by atoms with Gasteiger partial charge in [-0.2, -0.15) is 0 Å². The molecule has 186 valence electrons. The van der Waals surface area contributed by atoms with Crippen LogP contribution in [0.15, 0.2) is 47.6 Å². The largest absolute Gasteiger partial charge is 0.371 e. The highest BCUT2D eigenvalue weighted by molar-refractivity contribution is 7.81. The SMILES string of the molecule is CCN(CC)C(=S)c1ccc(C2=C3C=CC(=[N+](C)C)C=C3Cc3c2cc2c4c3CCCN4CCC2)s1. The molecular formula is C31H36N3S2+. The van der Waals surface area contributed by atoms with E-state index in [1.54, 1.807) is 22.4 Å². The van der Waals surface area contributed by atoms with Crippen LogP contribution >= 0.6 is 23.6 Å². The van der Waals surface area contributed by atoms with E-state index in [-0.39, 0.29) is 0 Å². The number of benzene rings is 1. The molecule has 2 aromatic rings. The molecule has 0 spiro atoms. The topological polar surface area (TPSA) is 9.49 Å². The van der Waals surface area contributed by atoms with Crippen molar-refractivity contribution in [1.82, 2.24) is 4.90 Å². The average molecular weight is 515 g/mol. The molecule has 2 aliphatic heterocycles. The molecule has 1 aromatic carbocycles. The molecule has 0 N–H and O–H groups in total. The lowest BCUT2D eigenvalue weighted by molar-refractivity contribution is -0.462. The monoisotopic (exact) mass is 514 g/mol. The number of fused-ring (bicyclic) bond motifs is 3. The number of nitrogens with zero attached hydrogens (tertiary/aromatic N) is 3. The highest BCUT2D eigenvalue weighted by atomic mass is 32.1. The van der Waals surface area contributed by atoms with E-state index < -0.39 is 0 Å². The first kappa shape index (κ1) is 23.9. The summed E-state index contributed by atoms with van der Waals surface area (Å²) in [6.45, 7) is 8.70. The van der Waals surface area contributed by atoms with Crippen LogP contribution in [0.4, 0.5) is 5.69 Å². The number of thiophene rings is 1. The molecule has 0 unspecified atom stereocenters. The second kappa shape index (κ2) is 9.42. The molecule has 5 heteroatoms. The minimum absolute atomic E-state index is 0.949. The number of allylic oxidation sites excluding steroid dienone is 5. The van der Waals surface area contributed by atoms with Crippen molar-refractivity contribution >= 4 is 45.5 Å². The fraction of sp³-hybridized carbons (Fsp3) is 0.419. The van der Waals surface area contributed by atoms with Gasteiger partial charge in [0.15, 0.2) is 5.71 Å². The van der Waals surface area contributed by atoms with Crippen LogP contribution in [0.25, 0.3) is 5.57 Å². The third-order valence-electron chi connectivity index (χ3n) is 8.27. The minimum atomic E-state index is 0.949. The maximum atomic E-state index is 5.91. The minimum Gasteiger partial charge on any atom is -0.371 e. The molecule has 1 aromatic heterocycles. The van der Waals surface area contributed by atoms with E-state index in [9.17, 15) is 0 Å². The van der Waals surface area contributed by atoms with Gasteiger partial charge in [-0.15, -0.1) is 11.3 Å². The molecule has 0 saturated carbocycles. The number of thiocarbonyl (C=S) groups is 1. The highest BCUT2D eigenvalue weighted by Gasteiger charge is 2.33. The smallest absolute Gasteiger partial charge is 0.199 e. The molecule has 0 saturated heterocycles. The summed E-state index contributed by atoms with van der Waals surface area (Å²) >= 11 is 7.78. The Balaban J connectivity index is 1.56. The van der Waals surface area contributed by atoms with Crippen molar-refractivity contribution in [3.8, 4) is 0 Å². The van der Waals surface area contributed by atoms with E-state index >= 15 is 0 Å². The number of hydrogen-bond donors (Lipinski definition) is 0. The van der Waals surface area contributed by atoms with Crippen molar-refractivity contribution in [2.75, 3.05) is 45.2 Å². The maximum Gasteiger partial charge on any atom is 0.199 e. The van der Waals surface area contributed by atoms with Crippen LogP contribution in [0, 0.1) is 0 Å². The average Bonchev–Trinajstić information content (AvgIpc) is 3.38. The first-order valence-corrected chi connectivity index (χ1v) is 14.7. The van der Waals surface area contributed by atoms with Crippen LogP contribution in [-0.4, -0.2) is 60.4 Å². The molecule has 3 nitrogen and oxygen atoms in total. The van der Waals surface area contributed by atoms with Crippen molar-refractivity contribution < 1.29 is 4.58 Å². The summed E-state index contributed by atoms with van der Waals surface area (Å²) in [4.78, 5) is 8.49. The number of anilines is 1. The summed E-state index contributed by atoms with van der Waals surface area (Å²) in [6, 6.07) is 7.13. The third kappa shape index (κ3) is 3.83. The third-order valence-corrected chi connectivity index (χ3v) is 9.98. The summed E-state index contributed by atoms with van der Waals surface area (Å²) in [5.74, 6) is 0. The number of rotatable bonds is 4. The number of aryl methyl sites for hydroxylation is 1. The van der Waals surface area contributed by atoms with Crippen molar-refractivity contribution in [2.24, 2.45) is 0 Å². The van der Waals surface area contributed by atoms with Gasteiger partial charge >= 0.3 is 0 Å². The Kier molecular flexibility index (Phi) is 6.25. The van der Waals surface area contributed by atoms with Gasteiger partial charge in [0.25, 0.3) is 0 Å². The van der Waals surface area contributed by atoms with Gasteiger partial charge < -0.3 is 9.80 Å². The number of hydrogen-bond acceptors (Lipinski definition) is 3. The van der Waals surface area contributed by atoms with Gasteiger partial charge in [-0.3, -0.25) is 0 Å². The quantitative estimate of drug-likeness (QED) is 0.364. The lowest BCUT2D eigenvalue weighted by Gasteiger charge is -2.40. The predicted molar refractivity (Wildman–Crippen MR) is 158 cm³/mol. The van der Waals surface area contributed by atoms with Crippen molar-refractivity contribution in [1.29, 1.82) is 0 Å². The molecular weight excluding hydrogens is 478 g/mol. The van der Waals surface area contributed by atoms with E-state index in [1.807, 2.05) is 11.3 Å². The van der Waals surface area contributed by atoms with Crippen LogP contribution in [0.3, 0.4) is 0 Å². The van der Waals surface area contributed by atoms with Crippen LogP contribution in [-0.2, 0) is 19.3 Å². The van der Waals surface area contributed by atoms with Crippen LogP contribution in [0.2, 0.25) is 0 Å². The summed E-state index contributed by atoms with van der Waals surface area (Å²) in [5, 5.41) is 0. The molecule has 6 rings (SSSR count). The van der Waals surface area contributed by atoms with Crippen LogP contribution in [0.5, 0.6) is 0 Å². The second-order valence-electron chi connectivity index (χ2n) is 10.5. The zero-order chi connectivity index (χ0) is 25.0. The van der Waals surface area contributed by atoms with Gasteiger partial charge in [-0.1, -0.05) is 12.2 Å². The summed E-state index contributed by atoms with van der Waals surface area (Å²) < 4.78 is 2.22. The maximum absolute atomic E-state index is 5.91. The molecule has 4 aliphatic rings. The first-order valence-electron chi connectivity index (χ1n) is 13.5. The van der Waals surface area contributed by atoms with Gasteiger partial charge in [-0.25, -0.2) is 4.58 Å². The molecule has 36 heavy (non-hydrogen) atoms. The van der Waals surface area contributed by atoms with Crippen LogP contribution in [0.1, 0.15) is 58.7 Å². The Morgan fingerprint density at radius 1 is 1.06 bits per heavy atom. The molecule has 0 fully saturated rings. The van der Waals surface area contributed by atoms with E-state index in [0.29, 0.717) is 0 Å². The van der Waals surface area contributed by atoms with Crippen molar-refractivity contribution in [2.45, 2.75) is 46.0 Å². The lowest BCUT2D eigenvalue weighted by Crippen LogP contribution is -2.35. The van der Waals surface area contributed by atoms with E-state index in [2.05, 4.69) is 78.7 Å². The molecule has 0 bridgehead atoms. The van der Waals surface area contributed by atoms with Crippen molar-refractivity contribution in [3.63, 3.8) is 0 Å². The lowest BCUT2D eigenvalue weighted by atomic mass is 9.74. The van der Waals surface area contributed by atoms with Gasteiger partial charge in [0.05, 0.1) is 4.88 Å². The second-order valence-corrected chi connectivity index (χ2v) is 12.0. The Bertz CT molecular complexity index is 1370. The Morgan fingerprint density at radius 2 is 1.83 bits per heavy atom. The fourth-order valence-electron chi connectivity index (χ4n) is 6.45. The zero-order valence-electron chi connectivity index (χ0n) is 22.0. The van der Waals surface area contributed by atoms with Crippen LogP contribution < -0.4 is 4.90 Å². The van der Waals surface area contributed by atoms with Gasteiger partial charge in [0.1, 0.15) is 19.1 Å². The summed E-state index contributed by atoms with van der Waals surface area (Å²) in [5.41, 5.74) is 13.3. The van der Waals surface area contributed by atoms with Gasteiger partial charge in [-0.05, 0) is 104 Å². The molecule has 0 radical (unpaired) electrons. The van der Waals surface area contributed by atoms with E-state index in [4.69, 9.17) is 12.2 Å². The van der Waals surface area contributed by atoms with Crippen molar-refractivity contribution in [3.05, 3.63) is 79.6 Å². The standard InChI is InChI=1S/C31H36N3S2/c1-5-33(6-2)31(35)28-14-13-27(36-28)29-23-12-11-22(32(3)4)17-21(23)19-25-24-10-8-16-34-15-7-9-20(30(24)34)18-26(25)29/h11-14,17-18H,5-10,15-16,19H2,1-4H3/q+1. The first-order chi connectivity index (χ1) is 17.5. The zero-order valence-corrected chi connectivity index (χ0v) is 23.6. The Hall–Kier alpha value is -2.50. The summed E-state index contributed by atoms with van der Waals surface area (Å²) in [6.07, 6.45) is 13.0. The molecule has 0 atom stereocenters. The Morgan fingerprint density at radius 3 is 2.58 bits per heavy atom. The van der Waals surface area contributed by atoms with Gasteiger partial charge in [0.2, 0.25) is 0 Å². The fourth-order valence-corrected chi connectivity index (χ4v) is 7.95. The molecule has 2 aliphatic carbocycles. The van der Waals surface area contributed by atoms with Gasteiger partial charge in [0, 0.05) is 54.5 Å².